The summed E-state index contributed by atoms with van der Waals surface area (Å²) >= 11 is 0. The monoisotopic (exact) mass is 153 g/mol. The summed E-state index contributed by atoms with van der Waals surface area (Å²) in [6.45, 7) is 3.00. The molecule has 1 atom stereocenters. The molecule has 0 amide bonds. The summed E-state index contributed by atoms with van der Waals surface area (Å²) in [6, 6.07) is 2.76. The number of hydrogen-bond acceptors (Lipinski definition) is 3. The Balaban J connectivity index is 1.90. The normalized spacial score (nSPS) is 23.4. The molecule has 11 heavy (non-hydrogen) atoms. The Kier molecular flexibility index (Phi) is 3.95. The molecule has 1 aliphatic heterocycles. The van der Waals surface area contributed by atoms with E-state index in [2.05, 4.69) is 16.7 Å². The minimum absolute atomic E-state index is 0.618. The van der Waals surface area contributed by atoms with E-state index in [0.717, 1.165) is 19.6 Å². The lowest BCUT2D eigenvalue weighted by Crippen LogP contribution is -2.34. The van der Waals surface area contributed by atoms with Gasteiger partial charge in [-0.1, -0.05) is 0 Å². The molecule has 2 N–H and O–H groups in total. The average molecular weight is 153 g/mol. The van der Waals surface area contributed by atoms with Crippen LogP contribution >= 0.6 is 0 Å². The minimum Gasteiger partial charge on any atom is -0.314 e. The Morgan fingerprint density at radius 2 is 2.55 bits per heavy atom. The minimum atomic E-state index is 0.618. The van der Waals surface area contributed by atoms with E-state index in [1.807, 2.05) is 0 Å². The van der Waals surface area contributed by atoms with Crippen molar-refractivity contribution in [3.8, 4) is 6.07 Å². The second kappa shape index (κ2) is 5.11. The number of nitriles is 1. The fourth-order valence-corrected chi connectivity index (χ4v) is 1.35. The molecule has 0 aliphatic carbocycles. The van der Waals surface area contributed by atoms with Gasteiger partial charge in [0.25, 0.3) is 0 Å². The van der Waals surface area contributed by atoms with Gasteiger partial charge >= 0.3 is 0 Å². The molecule has 0 saturated carbocycles. The number of rotatable bonds is 4. The fraction of sp³-hybridized carbons (Fsp3) is 0.875. The van der Waals surface area contributed by atoms with Gasteiger partial charge in [-0.3, -0.25) is 0 Å². The third kappa shape index (κ3) is 3.35. The lowest BCUT2D eigenvalue weighted by molar-refractivity contribution is 0.540. The smallest absolute Gasteiger partial charge is 0.0635 e. The van der Waals surface area contributed by atoms with Crippen LogP contribution in [0.3, 0.4) is 0 Å². The Labute approximate surface area is 67.8 Å². The average Bonchev–Trinajstić information content (AvgIpc) is 2.50. The highest BCUT2D eigenvalue weighted by molar-refractivity contribution is 4.77. The highest BCUT2D eigenvalue weighted by Crippen LogP contribution is 2.02. The molecule has 0 spiro atoms. The zero-order valence-corrected chi connectivity index (χ0v) is 6.77. The van der Waals surface area contributed by atoms with E-state index in [-0.39, 0.29) is 0 Å². The highest BCUT2D eigenvalue weighted by atomic mass is 15.0. The van der Waals surface area contributed by atoms with Crippen LogP contribution in [0.5, 0.6) is 0 Å². The third-order valence-electron chi connectivity index (χ3n) is 1.97. The molecule has 0 aromatic heterocycles. The van der Waals surface area contributed by atoms with Gasteiger partial charge in [0.05, 0.1) is 6.07 Å². The topological polar surface area (TPSA) is 47.9 Å². The molecule has 1 saturated heterocycles. The zero-order chi connectivity index (χ0) is 7.94. The standard InChI is InChI=1S/C8H15N3/c9-4-2-5-10-7-8-3-1-6-11-8/h8,10-11H,1-3,5-7H2. The van der Waals surface area contributed by atoms with Crippen molar-refractivity contribution in [2.45, 2.75) is 25.3 Å². The van der Waals surface area contributed by atoms with E-state index >= 15 is 0 Å². The Morgan fingerprint density at radius 3 is 3.18 bits per heavy atom. The summed E-state index contributed by atoms with van der Waals surface area (Å²) in [5.74, 6) is 0. The second-order valence-electron chi connectivity index (χ2n) is 2.91. The Morgan fingerprint density at radius 1 is 1.64 bits per heavy atom. The first-order valence-corrected chi connectivity index (χ1v) is 4.24. The van der Waals surface area contributed by atoms with E-state index in [1.165, 1.54) is 12.8 Å². The molecule has 62 valence electrons. The van der Waals surface area contributed by atoms with Crippen LogP contribution in [0.4, 0.5) is 0 Å². The Bertz CT molecular complexity index is 133. The van der Waals surface area contributed by atoms with Gasteiger partial charge < -0.3 is 10.6 Å². The first-order chi connectivity index (χ1) is 5.43. The summed E-state index contributed by atoms with van der Waals surface area (Å²) in [6.07, 6.45) is 3.19. The summed E-state index contributed by atoms with van der Waals surface area (Å²) < 4.78 is 0. The second-order valence-corrected chi connectivity index (χ2v) is 2.91. The van der Waals surface area contributed by atoms with Gasteiger partial charge in [-0.25, -0.2) is 0 Å². The molecule has 3 heteroatoms. The summed E-state index contributed by atoms with van der Waals surface area (Å²) in [7, 11) is 0. The van der Waals surface area contributed by atoms with E-state index in [9.17, 15) is 0 Å². The van der Waals surface area contributed by atoms with E-state index in [1.54, 1.807) is 0 Å². The van der Waals surface area contributed by atoms with Gasteiger partial charge in [0.1, 0.15) is 0 Å². The van der Waals surface area contributed by atoms with Gasteiger partial charge in [-0.15, -0.1) is 0 Å². The molecule has 1 fully saturated rings. The van der Waals surface area contributed by atoms with Crippen molar-refractivity contribution in [3.63, 3.8) is 0 Å². The molecule has 0 bridgehead atoms. The van der Waals surface area contributed by atoms with Crippen LogP contribution in [0.2, 0.25) is 0 Å². The van der Waals surface area contributed by atoms with E-state index in [0.29, 0.717) is 12.5 Å². The zero-order valence-electron chi connectivity index (χ0n) is 6.77. The predicted molar refractivity (Wildman–Crippen MR) is 44.1 cm³/mol. The van der Waals surface area contributed by atoms with Crippen molar-refractivity contribution in [2.24, 2.45) is 0 Å². The van der Waals surface area contributed by atoms with Crippen molar-refractivity contribution in [2.75, 3.05) is 19.6 Å². The fourth-order valence-electron chi connectivity index (χ4n) is 1.35. The summed E-state index contributed by atoms with van der Waals surface area (Å²) in [5.41, 5.74) is 0. The van der Waals surface area contributed by atoms with Crippen LogP contribution in [0.1, 0.15) is 19.3 Å². The van der Waals surface area contributed by atoms with E-state index < -0.39 is 0 Å². The van der Waals surface area contributed by atoms with E-state index in [4.69, 9.17) is 5.26 Å². The van der Waals surface area contributed by atoms with Gasteiger partial charge in [-0.05, 0) is 19.4 Å². The molecule has 1 rings (SSSR count). The van der Waals surface area contributed by atoms with Crippen molar-refractivity contribution < 1.29 is 0 Å². The predicted octanol–water partition coefficient (Wildman–Crippen LogP) is 0.242. The maximum Gasteiger partial charge on any atom is 0.0635 e. The number of hydrogen-bond donors (Lipinski definition) is 2. The lowest BCUT2D eigenvalue weighted by Gasteiger charge is -2.09. The summed E-state index contributed by atoms with van der Waals surface area (Å²) in [4.78, 5) is 0. The van der Waals surface area contributed by atoms with Crippen LogP contribution in [0.25, 0.3) is 0 Å². The van der Waals surface area contributed by atoms with Crippen LogP contribution < -0.4 is 10.6 Å². The lowest BCUT2D eigenvalue weighted by atomic mass is 10.2. The van der Waals surface area contributed by atoms with Gasteiger partial charge in [0, 0.05) is 25.6 Å². The first kappa shape index (κ1) is 8.51. The maximum absolute atomic E-state index is 8.25. The third-order valence-corrected chi connectivity index (χ3v) is 1.97. The molecule has 1 unspecified atom stereocenters. The largest absolute Gasteiger partial charge is 0.314 e. The summed E-state index contributed by atoms with van der Waals surface area (Å²) in [5, 5.41) is 14.9. The molecule has 0 aromatic carbocycles. The van der Waals surface area contributed by atoms with Crippen molar-refractivity contribution in [1.82, 2.24) is 10.6 Å². The van der Waals surface area contributed by atoms with Crippen LogP contribution in [0.15, 0.2) is 0 Å². The van der Waals surface area contributed by atoms with Crippen LogP contribution in [-0.4, -0.2) is 25.7 Å². The molecule has 1 aliphatic rings. The number of nitrogens with zero attached hydrogens (tertiary/aromatic N) is 1. The molecule has 3 nitrogen and oxygen atoms in total. The quantitative estimate of drug-likeness (QED) is 0.569. The van der Waals surface area contributed by atoms with Gasteiger partial charge in [0.15, 0.2) is 0 Å². The van der Waals surface area contributed by atoms with Crippen molar-refractivity contribution >= 4 is 0 Å². The van der Waals surface area contributed by atoms with Crippen molar-refractivity contribution in [3.05, 3.63) is 0 Å². The van der Waals surface area contributed by atoms with Gasteiger partial charge in [0.2, 0.25) is 0 Å². The van der Waals surface area contributed by atoms with Crippen LogP contribution in [0, 0.1) is 11.3 Å². The molecule has 0 radical (unpaired) electrons. The molecular formula is C8H15N3. The maximum atomic E-state index is 8.25. The molecule has 0 aromatic rings. The highest BCUT2D eigenvalue weighted by Gasteiger charge is 2.12. The molecule has 1 heterocycles. The molecular weight excluding hydrogens is 138 g/mol. The van der Waals surface area contributed by atoms with Crippen LogP contribution in [-0.2, 0) is 0 Å². The Hall–Kier alpha value is -0.590. The number of nitrogens with one attached hydrogen (secondary N) is 2. The first-order valence-electron chi connectivity index (χ1n) is 4.24. The van der Waals surface area contributed by atoms with Crippen molar-refractivity contribution in [1.29, 1.82) is 5.26 Å². The van der Waals surface area contributed by atoms with Gasteiger partial charge in [-0.2, -0.15) is 5.26 Å². The SMILES string of the molecule is N#CCCNCC1CCCN1.